The summed E-state index contributed by atoms with van der Waals surface area (Å²) >= 11 is 0. The van der Waals surface area contributed by atoms with Crippen LogP contribution in [0.1, 0.15) is 28.4 Å². The predicted molar refractivity (Wildman–Crippen MR) is 106 cm³/mol. The summed E-state index contributed by atoms with van der Waals surface area (Å²) in [7, 11) is 3.25. The summed E-state index contributed by atoms with van der Waals surface area (Å²) < 4.78 is 15.9. The first-order valence-corrected chi connectivity index (χ1v) is 9.01. The average molecular weight is 379 g/mol. The van der Waals surface area contributed by atoms with Gasteiger partial charge < -0.3 is 19.5 Å². The van der Waals surface area contributed by atoms with Crippen molar-refractivity contribution in [3.63, 3.8) is 0 Å². The van der Waals surface area contributed by atoms with Gasteiger partial charge in [0.2, 0.25) is 0 Å². The van der Waals surface area contributed by atoms with Crippen LogP contribution in [0.3, 0.4) is 0 Å². The summed E-state index contributed by atoms with van der Waals surface area (Å²) in [5.41, 5.74) is 5.39. The van der Waals surface area contributed by atoms with Gasteiger partial charge in [-0.3, -0.25) is 5.10 Å². The smallest absolute Gasteiger partial charge is 0.338 e. The molecule has 144 valence electrons. The highest BCUT2D eigenvalue weighted by Gasteiger charge is 2.27. The number of carbonyl (C=O) groups excluding carboxylic acids is 1. The van der Waals surface area contributed by atoms with E-state index in [-0.39, 0.29) is 5.97 Å². The highest BCUT2D eigenvalue weighted by atomic mass is 16.5. The number of methoxy groups -OCH3 is 2. The number of esters is 1. The van der Waals surface area contributed by atoms with Crippen molar-refractivity contribution >= 4 is 17.5 Å². The lowest BCUT2D eigenvalue weighted by Crippen LogP contribution is -2.05. The Morgan fingerprint density at radius 2 is 1.96 bits per heavy atom. The van der Waals surface area contributed by atoms with E-state index in [0.29, 0.717) is 23.7 Å². The van der Waals surface area contributed by atoms with Gasteiger partial charge in [0, 0.05) is 23.2 Å². The number of fused-ring (bicyclic) bond motifs is 3. The number of rotatable bonds is 6. The van der Waals surface area contributed by atoms with Crippen LogP contribution in [0.15, 0.2) is 36.4 Å². The minimum Gasteiger partial charge on any atom is -0.493 e. The summed E-state index contributed by atoms with van der Waals surface area (Å²) in [4.78, 5) is 12.0. The van der Waals surface area contributed by atoms with E-state index in [1.165, 1.54) is 0 Å². The summed E-state index contributed by atoms with van der Waals surface area (Å²) in [6, 6.07) is 11.1. The topological polar surface area (TPSA) is 85.5 Å². The number of carbonyl (C=O) groups is 1. The molecule has 0 saturated carbocycles. The van der Waals surface area contributed by atoms with Crippen LogP contribution in [0.5, 0.6) is 11.5 Å². The lowest BCUT2D eigenvalue weighted by atomic mass is 10.1. The van der Waals surface area contributed by atoms with Gasteiger partial charge in [-0.1, -0.05) is 6.07 Å². The largest absolute Gasteiger partial charge is 0.493 e. The lowest BCUT2D eigenvalue weighted by molar-refractivity contribution is 0.0526. The van der Waals surface area contributed by atoms with Gasteiger partial charge in [-0.15, -0.1) is 0 Å². The number of ether oxygens (including phenoxy) is 3. The Labute approximate surface area is 162 Å². The van der Waals surface area contributed by atoms with Gasteiger partial charge in [-0.2, -0.15) is 5.10 Å². The Hall–Kier alpha value is -3.48. The zero-order valence-electron chi connectivity index (χ0n) is 16.0. The number of anilines is 2. The molecule has 2 aromatic carbocycles. The molecule has 3 aromatic rings. The zero-order chi connectivity index (χ0) is 19.7. The maximum absolute atomic E-state index is 12.0. The van der Waals surface area contributed by atoms with E-state index in [9.17, 15) is 4.79 Å². The van der Waals surface area contributed by atoms with Crippen LogP contribution in [0.4, 0.5) is 11.5 Å². The minimum atomic E-state index is -0.340. The Kier molecular flexibility index (Phi) is 4.65. The summed E-state index contributed by atoms with van der Waals surface area (Å²) in [6.07, 6.45) is 0.724. The number of aromatic amines is 1. The number of benzene rings is 2. The van der Waals surface area contributed by atoms with Crippen molar-refractivity contribution in [1.82, 2.24) is 10.2 Å². The van der Waals surface area contributed by atoms with Crippen molar-refractivity contribution < 1.29 is 19.0 Å². The molecule has 0 amide bonds. The van der Waals surface area contributed by atoms with E-state index in [4.69, 9.17) is 14.2 Å². The van der Waals surface area contributed by atoms with Crippen molar-refractivity contribution in [3.05, 3.63) is 53.1 Å². The standard InChI is InChI=1S/C21H21N3O4/c1-4-28-21(25)12-6-5-7-14(8-12)22-20-16-9-13-10-17(26-2)18(27-3)11-15(13)19(16)23-24-20/h5-8,10-11H,4,9H2,1-3H3,(H2,22,23,24). The molecule has 7 heteroatoms. The van der Waals surface area contributed by atoms with Gasteiger partial charge in [0.1, 0.15) is 5.82 Å². The molecule has 1 aliphatic rings. The molecule has 0 saturated heterocycles. The maximum atomic E-state index is 12.0. The van der Waals surface area contributed by atoms with E-state index in [1.807, 2.05) is 24.3 Å². The number of nitrogens with one attached hydrogen (secondary N) is 2. The van der Waals surface area contributed by atoms with E-state index in [0.717, 1.165) is 40.3 Å². The van der Waals surface area contributed by atoms with E-state index >= 15 is 0 Å². The monoisotopic (exact) mass is 379 g/mol. The number of H-pyrrole nitrogens is 1. The van der Waals surface area contributed by atoms with Crippen molar-refractivity contribution in [2.24, 2.45) is 0 Å². The number of nitrogens with zero attached hydrogens (tertiary/aromatic N) is 1. The van der Waals surface area contributed by atoms with Crippen molar-refractivity contribution in [2.75, 3.05) is 26.1 Å². The molecule has 2 N–H and O–H groups in total. The molecule has 0 aliphatic heterocycles. The molecule has 0 spiro atoms. The first kappa shape index (κ1) is 17.9. The number of hydrogen-bond donors (Lipinski definition) is 2. The first-order valence-electron chi connectivity index (χ1n) is 9.01. The molecule has 0 atom stereocenters. The Balaban J connectivity index is 1.63. The molecule has 0 bridgehead atoms. The molecule has 0 fully saturated rings. The van der Waals surface area contributed by atoms with Gasteiger partial charge >= 0.3 is 5.97 Å². The highest BCUT2D eigenvalue weighted by Crippen LogP contribution is 2.44. The summed E-state index contributed by atoms with van der Waals surface area (Å²) in [6.45, 7) is 2.13. The molecular formula is C21H21N3O4. The van der Waals surface area contributed by atoms with Crippen LogP contribution in [-0.4, -0.2) is 37.0 Å². The van der Waals surface area contributed by atoms with Gasteiger partial charge in [-0.05, 0) is 42.8 Å². The third kappa shape index (κ3) is 3.05. The van der Waals surface area contributed by atoms with Crippen molar-refractivity contribution in [3.8, 4) is 22.8 Å². The second-order valence-electron chi connectivity index (χ2n) is 6.39. The fourth-order valence-corrected chi connectivity index (χ4v) is 3.42. The molecule has 1 aliphatic carbocycles. The Morgan fingerprint density at radius 3 is 2.71 bits per heavy atom. The Bertz CT molecular complexity index is 1040. The summed E-state index contributed by atoms with van der Waals surface area (Å²) in [5.74, 6) is 1.83. The molecule has 4 rings (SSSR count). The van der Waals surface area contributed by atoms with Crippen LogP contribution in [0, 0.1) is 0 Å². The first-order chi connectivity index (χ1) is 13.6. The Morgan fingerprint density at radius 1 is 1.18 bits per heavy atom. The van der Waals surface area contributed by atoms with Crippen LogP contribution in [0.2, 0.25) is 0 Å². The van der Waals surface area contributed by atoms with Crippen molar-refractivity contribution in [2.45, 2.75) is 13.3 Å². The third-order valence-electron chi connectivity index (χ3n) is 4.74. The van der Waals surface area contributed by atoms with E-state index < -0.39 is 0 Å². The van der Waals surface area contributed by atoms with Crippen molar-refractivity contribution in [1.29, 1.82) is 0 Å². The van der Waals surface area contributed by atoms with Gasteiger partial charge in [0.15, 0.2) is 11.5 Å². The fourth-order valence-electron chi connectivity index (χ4n) is 3.42. The van der Waals surface area contributed by atoms with Crippen LogP contribution in [0.25, 0.3) is 11.3 Å². The molecular weight excluding hydrogens is 358 g/mol. The fraction of sp³-hybridized carbons (Fsp3) is 0.238. The second kappa shape index (κ2) is 7.26. The normalized spacial score (nSPS) is 11.5. The summed E-state index contributed by atoms with van der Waals surface area (Å²) in [5, 5.41) is 10.9. The number of aromatic nitrogens is 2. The molecule has 28 heavy (non-hydrogen) atoms. The van der Waals surface area contributed by atoms with E-state index in [2.05, 4.69) is 15.5 Å². The molecule has 1 heterocycles. The maximum Gasteiger partial charge on any atom is 0.338 e. The predicted octanol–water partition coefficient (Wildman–Crippen LogP) is 3.92. The van der Waals surface area contributed by atoms with Crippen LogP contribution in [-0.2, 0) is 11.2 Å². The van der Waals surface area contributed by atoms with Gasteiger partial charge in [-0.25, -0.2) is 4.79 Å². The zero-order valence-corrected chi connectivity index (χ0v) is 16.0. The van der Waals surface area contributed by atoms with Crippen LogP contribution < -0.4 is 14.8 Å². The third-order valence-corrected chi connectivity index (χ3v) is 4.74. The minimum absolute atomic E-state index is 0.340. The quantitative estimate of drug-likeness (QED) is 0.494. The molecule has 0 unspecified atom stereocenters. The van der Waals surface area contributed by atoms with E-state index in [1.54, 1.807) is 33.3 Å². The van der Waals surface area contributed by atoms with Gasteiger partial charge in [0.25, 0.3) is 0 Å². The van der Waals surface area contributed by atoms with Gasteiger partial charge in [0.05, 0.1) is 32.1 Å². The number of hydrogen-bond acceptors (Lipinski definition) is 6. The van der Waals surface area contributed by atoms with Crippen LogP contribution >= 0.6 is 0 Å². The molecule has 0 radical (unpaired) electrons. The molecule has 1 aromatic heterocycles. The lowest BCUT2D eigenvalue weighted by Gasteiger charge is -2.10. The highest BCUT2D eigenvalue weighted by molar-refractivity contribution is 5.91. The average Bonchev–Trinajstić information content (AvgIpc) is 3.26. The SMILES string of the molecule is CCOC(=O)c1cccc(Nc2[nH]nc3c2Cc2cc(OC)c(OC)cc2-3)c1. The second-order valence-corrected chi connectivity index (χ2v) is 6.39. The molecule has 7 nitrogen and oxygen atoms in total.